The molecule has 0 bridgehead atoms. The summed E-state index contributed by atoms with van der Waals surface area (Å²) < 4.78 is 10.5. The minimum Gasteiger partial charge on any atom is -0.444 e. The number of carbonyl (C=O) groups is 1. The summed E-state index contributed by atoms with van der Waals surface area (Å²) >= 11 is 0. The summed E-state index contributed by atoms with van der Waals surface area (Å²) in [5.74, 6) is 0. The number of nitrogens with zero attached hydrogens (tertiary/aromatic N) is 1. The Morgan fingerprint density at radius 1 is 1.50 bits per heavy atom. The first-order chi connectivity index (χ1) is 6.40. The van der Waals surface area contributed by atoms with E-state index in [2.05, 4.69) is 0 Å². The maximum absolute atomic E-state index is 11.6. The van der Waals surface area contributed by atoms with E-state index in [1.165, 1.54) is 0 Å². The molecule has 0 spiro atoms. The molecule has 4 heteroatoms. The number of likely N-dealkylation sites (N-methyl/N-ethyl adjacent to an activating group) is 1. The van der Waals surface area contributed by atoms with Crippen molar-refractivity contribution in [1.82, 2.24) is 4.90 Å². The number of ether oxygens (including phenoxy) is 2. The van der Waals surface area contributed by atoms with Crippen molar-refractivity contribution in [2.45, 2.75) is 38.8 Å². The van der Waals surface area contributed by atoms with Gasteiger partial charge in [0.1, 0.15) is 5.60 Å². The Morgan fingerprint density at radius 3 is 2.57 bits per heavy atom. The van der Waals surface area contributed by atoms with Gasteiger partial charge >= 0.3 is 6.09 Å². The van der Waals surface area contributed by atoms with Crippen LogP contribution in [0.1, 0.15) is 27.2 Å². The predicted molar refractivity (Wildman–Crippen MR) is 53.2 cm³/mol. The van der Waals surface area contributed by atoms with Crippen molar-refractivity contribution >= 4 is 6.09 Å². The molecule has 0 aliphatic carbocycles. The van der Waals surface area contributed by atoms with Gasteiger partial charge in [0.15, 0.2) is 0 Å². The second-order valence-corrected chi connectivity index (χ2v) is 4.61. The third-order valence-corrected chi connectivity index (χ3v) is 2.13. The van der Waals surface area contributed by atoms with E-state index in [1.54, 1.807) is 11.9 Å². The molecular weight excluding hydrogens is 182 g/mol. The van der Waals surface area contributed by atoms with Crippen molar-refractivity contribution in [1.29, 1.82) is 0 Å². The molecule has 1 rings (SSSR count). The van der Waals surface area contributed by atoms with Gasteiger partial charge in [-0.1, -0.05) is 0 Å². The summed E-state index contributed by atoms with van der Waals surface area (Å²) in [5.41, 5.74) is -0.426. The minimum absolute atomic E-state index is 0.171. The first-order valence-electron chi connectivity index (χ1n) is 4.94. The van der Waals surface area contributed by atoms with Gasteiger partial charge in [0.2, 0.25) is 0 Å². The average molecular weight is 201 g/mol. The first kappa shape index (κ1) is 11.3. The van der Waals surface area contributed by atoms with Gasteiger partial charge in [-0.3, -0.25) is 0 Å². The molecule has 1 atom stereocenters. The molecule has 1 saturated heterocycles. The molecule has 0 aromatic heterocycles. The van der Waals surface area contributed by atoms with E-state index in [0.717, 1.165) is 13.0 Å². The van der Waals surface area contributed by atoms with E-state index in [9.17, 15) is 4.79 Å². The van der Waals surface area contributed by atoms with Gasteiger partial charge in [-0.25, -0.2) is 4.79 Å². The quantitative estimate of drug-likeness (QED) is 0.647. The zero-order chi connectivity index (χ0) is 10.8. The predicted octanol–water partition coefficient (Wildman–Crippen LogP) is 1.64. The van der Waals surface area contributed by atoms with Crippen LogP contribution in [0.15, 0.2) is 0 Å². The summed E-state index contributed by atoms with van der Waals surface area (Å²) in [6, 6.07) is 0.171. The highest BCUT2D eigenvalue weighted by molar-refractivity contribution is 5.68. The Hall–Kier alpha value is -0.770. The molecule has 1 amide bonds. The van der Waals surface area contributed by atoms with Gasteiger partial charge in [-0.15, -0.1) is 0 Å². The van der Waals surface area contributed by atoms with E-state index in [0.29, 0.717) is 6.61 Å². The summed E-state index contributed by atoms with van der Waals surface area (Å²) in [6.07, 6.45) is 0.628. The number of hydrogen-bond donors (Lipinski definition) is 0. The molecule has 82 valence electrons. The number of carbonyl (C=O) groups excluding carboxylic acids is 1. The molecule has 0 unspecified atom stereocenters. The highest BCUT2D eigenvalue weighted by Gasteiger charge is 2.27. The number of rotatable bonds is 1. The summed E-state index contributed by atoms with van der Waals surface area (Å²) in [5, 5.41) is 0. The Balaban J connectivity index is 2.43. The Bertz CT molecular complexity index is 204. The van der Waals surface area contributed by atoms with Crippen LogP contribution in [0, 0.1) is 0 Å². The Labute approximate surface area is 85.2 Å². The number of hydrogen-bond acceptors (Lipinski definition) is 3. The Kier molecular flexibility index (Phi) is 3.37. The topological polar surface area (TPSA) is 38.8 Å². The fraction of sp³-hybridized carbons (Fsp3) is 0.900. The van der Waals surface area contributed by atoms with Gasteiger partial charge in [0, 0.05) is 13.7 Å². The normalized spacial score (nSPS) is 22.1. The molecule has 14 heavy (non-hydrogen) atoms. The maximum Gasteiger partial charge on any atom is 0.410 e. The SMILES string of the molecule is CN(C(=O)OC(C)(C)C)[C@H]1CCOC1. The third-order valence-electron chi connectivity index (χ3n) is 2.13. The highest BCUT2D eigenvalue weighted by Crippen LogP contribution is 2.15. The van der Waals surface area contributed by atoms with Crippen LogP contribution in [0.4, 0.5) is 4.79 Å². The van der Waals surface area contributed by atoms with Crippen molar-refractivity contribution in [3.8, 4) is 0 Å². The van der Waals surface area contributed by atoms with Crippen molar-refractivity contribution in [2.75, 3.05) is 20.3 Å². The van der Waals surface area contributed by atoms with Crippen LogP contribution < -0.4 is 0 Å². The molecule has 0 N–H and O–H groups in total. The van der Waals surface area contributed by atoms with E-state index in [4.69, 9.17) is 9.47 Å². The molecule has 1 aliphatic rings. The van der Waals surface area contributed by atoms with Crippen LogP contribution in [-0.2, 0) is 9.47 Å². The van der Waals surface area contributed by atoms with E-state index in [-0.39, 0.29) is 12.1 Å². The molecule has 4 nitrogen and oxygen atoms in total. The molecule has 1 aliphatic heterocycles. The highest BCUT2D eigenvalue weighted by atomic mass is 16.6. The minimum atomic E-state index is -0.426. The molecule has 0 saturated carbocycles. The van der Waals surface area contributed by atoms with Crippen LogP contribution in [0.2, 0.25) is 0 Å². The van der Waals surface area contributed by atoms with Gasteiger partial charge < -0.3 is 14.4 Å². The monoisotopic (exact) mass is 201 g/mol. The molecule has 1 fully saturated rings. The second-order valence-electron chi connectivity index (χ2n) is 4.61. The van der Waals surface area contributed by atoms with Gasteiger partial charge in [-0.2, -0.15) is 0 Å². The molecule has 0 radical (unpaired) electrons. The van der Waals surface area contributed by atoms with Crippen molar-refractivity contribution in [3.63, 3.8) is 0 Å². The zero-order valence-electron chi connectivity index (χ0n) is 9.37. The Morgan fingerprint density at radius 2 is 2.14 bits per heavy atom. The van der Waals surface area contributed by atoms with Crippen LogP contribution >= 0.6 is 0 Å². The molecule has 0 aromatic rings. The zero-order valence-corrected chi connectivity index (χ0v) is 9.37. The molecule has 0 aromatic carbocycles. The van der Waals surface area contributed by atoms with Crippen molar-refractivity contribution < 1.29 is 14.3 Å². The van der Waals surface area contributed by atoms with E-state index >= 15 is 0 Å². The van der Waals surface area contributed by atoms with Crippen LogP contribution in [0.5, 0.6) is 0 Å². The maximum atomic E-state index is 11.6. The average Bonchev–Trinajstić information content (AvgIpc) is 2.51. The standard InChI is InChI=1S/C10H19NO3/c1-10(2,3)14-9(12)11(4)8-5-6-13-7-8/h8H,5-7H2,1-4H3/t8-/m0/s1. The lowest BCUT2D eigenvalue weighted by Crippen LogP contribution is -2.40. The van der Waals surface area contributed by atoms with Gasteiger partial charge in [0.25, 0.3) is 0 Å². The van der Waals surface area contributed by atoms with Gasteiger partial charge in [-0.05, 0) is 27.2 Å². The summed E-state index contributed by atoms with van der Waals surface area (Å²) in [7, 11) is 1.76. The number of amides is 1. The van der Waals surface area contributed by atoms with Crippen molar-refractivity contribution in [3.05, 3.63) is 0 Å². The third kappa shape index (κ3) is 3.18. The van der Waals surface area contributed by atoms with Gasteiger partial charge in [0.05, 0.1) is 12.6 Å². The lowest BCUT2D eigenvalue weighted by molar-refractivity contribution is 0.0210. The van der Waals surface area contributed by atoms with Crippen LogP contribution in [0.25, 0.3) is 0 Å². The van der Waals surface area contributed by atoms with Crippen LogP contribution in [-0.4, -0.2) is 42.9 Å². The smallest absolute Gasteiger partial charge is 0.410 e. The fourth-order valence-corrected chi connectivity index (χ4v) is 1.31. The fourth-order valence-electron chi connectivity index (χ4n) is 1.31. The molecular formula is C10H19NO3. The van der Waals surface area contributed by atoms with Crippen molar-refractivity contribution in [2.24, 2.45) is 0 Å². The lowest BCUT2D eigenvalue weighted by Gasteiger charge is -2.27. The molecule has 1 heterocycles. The second kappa shape index (κ2) is 4.17. The summed E-state index contributed by atoms with van der Waals surface area (Å²) in [6.45, 7) is 6.95. The summed E-state index contributed by atoms with van der Waals surface area (Å²) in [4.78, 5) is 13.2. The largest absolute Gasteiger partial charge is 0.444 e. The lowest BCUT2D eigenvalue weighted by atomic mass is 10.2. The van der Waals surface area contributed by atoms with E-state index < -0.39 is 5.60 Å². The first-order valence-corrected chi connectivity index (χ1v) is 4.94. The van der Waals surface area contributed by atoms with E-state index in [1.807, 2.05) is 20.8 Å². The van der Waals surface area contributed by atoms with Crippen LogP contribution in [0.3, 0.4) is 0 Å².